The summed E-state index contributed by atoms with van der Waals surface area (Å²) < 4.78 is 15.6. The number of furan rings is 2. The lowest BCUT2D eigenvalue weighted by Gasteiger charge is -2.19. The van der Waals surface area contributed by atoms with Crippen LogP contribution in [0.25, 0.3) is 141 Å². The molecule has 63 heavy (non-hydrogen) atoms. The number of hydrogen-bond acceptors (Lipinski definition) is 3. The van der Waals surface area contributed by atoms with Crippen LogP contribution >= 0.6 is 11.3 Å². The van der Waals surface area contributed by atoms with Crippen molar-refractivity contribution in [3.63, 3.8) is 0 Å². The highest BCUT2D eigenvalue weighted by atomic mass is 32.1. The van der Waals surface area contributed by atoms with Crippen LogP contribution in [0.5, 0.6) is 0 Å². The van der Waals surface area contributed by atoms with E-state index in [9.17, 15) is 0 Å². The maximum Gasteiger partial charge on any atom is 0.136 e. The minimum Gasteiger partial charge on any atom is -0.456 e. The first kappa shape index (κ1) is 34.7. The first-order chi connectivity index (χ1) is 31.2. The fraction of sp³-hybridized carbons (Fsp3) is 0. The van der Waals surface area contributed by atoms with Crippen LogP contribution in [0.3, 0.4) is 0 Å². The SMILES string of the molecule is c1ccc2c(-c3ccc4c(-c5ccc(-c6cccc7c6sc6ccccc67)cc5)c5ccccc5c(-c5ccc6oc7ccc8oc9ccccc9c8c7c6c5)c4c3)cccc2c1. The molecule has 0 fully saturated rings. The van der Waals surface area contributed by atoms with E-state index in [1.807, 2.05) is 35.6 Å². The van der Waals surface area contributed by atoms with E-state index in [-0.39, 0.29) is 0 Å². The number of fused-ring (bicyclic) bond motifs is 13. The Morgan fingerprint density at radius 3 is 1.63 bits per heavy atom. The maximum absolute atomic E-state index is 6.58. The summed E-state index contributed by atoms with van der Waals surface area (Å²) in [5.74, 6) is 0. The van der Waals surface area contributed by atoms with Crippen LogP contribution in [0.4, 0.5) is 0 Å². The number of rotatable bonds is 4. The minimum atomic E-state index is 0.858. The van der Waals surface area contributed by atoms with Gasteiger partial charge in [0.15, 0.2) is 0 Å². The quantitative estimate of drug-likeness (QED) is 0.165. The molecule has 0 aliphatic carbocycles. The second kappa shape index (κ2) is 13.3. The maximum atomic E-state index is 6.58. The molecule has 0 spiro atoms. The number of hydrogen-bond donors (Lipinski definition) is 0. The van der Waals surface area contributed by atoms with Crippen molar-refractivity contribution in [1.82, 2.24) is 0 Å². The van der Waals surface area contributed by atoms with Crippen molar-refractivity contribution in [3.8, 4) is 44.5 Å². The molecular weight excluding hydrogens is 785 g/mol. The number of para-hydroxylation sites is 1. The van der Waals surface area contributed by atoms with E-state index in [2.05, 4.69) is 182 Å². The van der Waals surface area contributed by atoms with Gasteiger partial charge in [-0.15, -0.1) is 11.3 Å². The Bertz CT molecular complexity index is 4190. The Morgan fingerprint density at radius 2 is 0.810 bits per heavy atom. The Kier molecular flexibility index (Phi) is 7.30. The zero-order valence-corrected chi connectivity index (χ0v) is 34.7. The van der Waals surface area contributed by atoms with Gasteiger partial charge in [-0.05, 0) is 119 Å². The molecule has 0 aliphatic heterocycles. The van der Waals surface area contributed by atoms with E-state index in [4.69, 9.17) is 8.83 Å². The Morgan fingerprint density at radius 1 is 0.286 bits per heavy atom. The Hall–Kier alpha value is -7.98. The van der Waals surface area contributed by atoms with E-state index in [0.29, 0.717) is 0 Å². The number of thiophene rings is 1. The zero-order chi connectivity index (χ0) is 41.2. The number of benzene rings is 11. The predicted octanol–water partition coefficient (Wildman–Crippen LogP) is 18.0. The molecule has 14 aromatic rings. The minimum absolute atomic E-state index is 0.858. The molecule has 0 unspecified atom stereocenters. The van der Waals surface area contributed by atoms with Gasteiger partial charge in [-0.25, -0.2) is 0 Å². The lowest BCUT2D eigenvalue weighted by molar-refractivity contribution is 0.663. The van der Waals surface area contributed by atoms with Crippen LogP contribution < -0.4 is 0 Å². The molecule has 0 saturated heterocycles. The van der Waals surface area contributed by atoms with E-state index in [1.54, 1.807) is 0 Å². The predicted molar refractivity (Wildman–Crippen MR) is 268 cm³/mol. The van der Waals surface area contributed by atoms with Crippen molar-refractivity contribution in [2.45, 2.75) is 0 Å². The van der Waals surface area contributed by atoms with Crippen LogP contribution in [0.15, 0.2) is 215 Å². The second-order valence-electron chi connectivity index (χ2n) is 16.7. The molecule has 0 atom stereocenters. The summed E-state index contributed by atoms with van der Waals surface area (Å²) >= 11 is 1.88. The molecule has 3 heteroatoms. The van der Waals surface area contributed by atoms with E-state index in [0.717, 1.165) is 49.4 Å². The lowest BCUT2D eigenvalue weighted by Crippen LogP contribution is -1.92. The fourth-order valence-electron chi connectivity index (χ4n) is 10.5. The third-order valence-corrected chi connectivity index (χ3v) is 14.5. The standard InChI is InChI=1S/C60H34O2S/c1-2-13-40-35(11-1)12-9-18-41(40)38-27-29-46-49(33-38)57(39-28-30-52-50(34-39)59-54(62-52)32-31-53-58(59)48-17-5-7-21-51(48)61-53)45-16-4-3-15-44(45)56(46)37-25-23-36(24-26-37)42-19-10-20-47-43-14-6-8-22-55(43)63-60(42)47/h1-34H. The molecular formula is C60H34O2S. The van der Waals surface area contributed by atoms with Crippen LogP contribution in [0, 0.1) is 0 Å². The van der Waals surface area contributed by atoms with Gasteiger partial charge < -0.3 is 8.83 Å². The van der Waals surface area contributed by atoms with Gasteiger partial charge in [-0.1, -0.05) is 164 Å². The van der Waals surface area contributed by atoms with Crippen LogP contribution in [0.2, 0.25) is 0 Å². The van der Waals surface area contributed by atoms with Crippen molar-refractivity contribution in [2.24, 2.45) is 0 Å². The molecule has 0 saturated carbocycles. The monoisotopic (exact) mass is 818 g/mol. The summed E-state index contributed by atoms with van der Waals surface area (Å²) in [5.41, 5.74) is 13.1. The van der Waals surface area contributed by atoms with Gasteiger partial charge in [0.25, 0.3) is 0 Å². The van der Waals surface area contributed by atoms with Crippen molar-refractivity contribution < 1.29 is 8.83 Å². The van der Waals surface area contributed by atoms with Crippen molar-refractivity contribution in [3.05, 3.63) is 206 Å². The second-order valence-corrected chi connectivity index (χ2v) is 17.7. The topological polar surface area (TPSA) is 26.3 Å². The molecule has 0 amide bonds. The zero-order valence-electron chi connectivity index (χ0n) is 33.9. The van der Waals surface area contributed by atoms with Gasteiger partial charge >= 0.3 is 0 Å². The molecule has 0 radical (unpaired) electrons. The molecule has 0 bridgehead atoms. The van der Waals surface area contributed by atoms with Crippen molar-refractivity contribution >= 4 is 108 Å². The lowest BCUT2D eigenvalue weighted by atomic mass is 9.84. The van der Waals surface area contributed by atoms with Crippen molar-refractivity contribution in [2.75, 3.05) is 0 Å². The summed E-state index contributed by atoms with van der Waals surface area (Å²) in [4.78, 5) is 0. The summed E-state index contributed by atoms with van der Waals surface area (Å²) in [5, 5.41) is 14.3. The molecule has 11 aromatic carbocycles. The van der Waals surface area contributed by atoms with Gasteiger partial charge in [0.05, 0.1) is 0 Å². The van der Waals surface area contributed by atoms with Gasteiger partial charge in [-0.3, -0.25) is 0 Å². The highest BCUT2D eigenvalue weighted by Gasteiger charge is 2.21. The normalized spacial score (nSPS) is 12.1. The third-order valence-electron chi connectivity index (χ3n) is 13.3. The molecule has 0 aliphatic rings. The Balaban J connectivity index is 1.03. The highest BCUT2D eigenvalue weighted by Crippen LogP contribution is 2.48. The van der Waals surface area contributed by atoms with Crippen molar-refractivity contribution in [1.29, 1.82) is 0 Å². The van der Waals surface area contributed by atoms with Gasteiger partial charge in [-0.2, -0.15) is 0 Å². The average molecular weight is 819 g/mol. The molecule has 2 nitrogen and oxygen atoms in total. The first-order valence-electron chi connectivity index (χ1n) is 21.5. The summed E-state index contributed by atoms with van der Waals surface area (Å²) in [6.07, 6.45) is 0. The summed E-state index contributed by atoms with van der Waals surface area (Å²) in [6.45, 7) is 0. The fourth-order valence-corrected chi connectivity index (χ4v) is 11.7. The van der Waals surface area contributed by atoms with Gasteiger partial charge in [0.2, 0.25) is 0 Å². The first-order valence-corrected chi connectivity index (χ1v) is 22.3. The van der Waals surface area contributed by atoms with Crippen LogP contribution in [0.1, 0.15) is 0 Å². The summed E-state index contributed by atoms with van der Waals surface area (Å²) in [6, 6.07) is 75.2. The molecule has 3 aromatic heterocycles. The third kappa shape index (κ3) is 5.12. The average Bonchev–Trinajstić information content (AvgIpc) is 4.04. The van der Waals surface area contributed by atoms with Gasteiger partial charge in [0.1, 0.15) is 22.3 Å². The van der Waals surface area contributed by atoms with E-state index in [1.165, 1.54) is 91.4 Å². The molecule has 292 valence electrons. The highest BCUT2D eigenvalue weighted by molar-refractivity contribution is 7.26. The van der Waals surface area contributed by atoms with E-state index < -0.39 is 0 Å². The smallest absolute Gasteiger partial charge is 0.136 e. The van der Waals surface area contributed by atoms with Crippen LogP contribution in [-0.2, 0) is 0 Å². The van der Waals surface area contributed by atoms with Crippen LogP contribution in [-0.4, -0.2) is 0 Å². The largest absolute Gasteiger partial charge is 0.456 e. The van der Waals surface area contributed by atoms with Gasteiger partial charge in [0, 0.05) is 41.7 Å². The molecule has 14 rings (SSSR count). The summed E-state index contributed by atoms with van der Waals surface area (Å²) in [7, 11) is 0. The molecule has 0 N–H and O–H groups in total. The Labute approximate surface area is 365 Å². The van der Waals surface area contributed by atoms with E-state index >= 15 is 0 Å². The molecule has 3 heterocycles.